The van der Waals surface area contributed by atoms with E-state index in [4.69, 9.17) is 9.47 Å². The SMILES string of the molecule is O=C(/C=C/c1ccc(O)c2c1C[C@@H](C1=CC(O)=C(O)CC=C1)O2)O[C@H](Cc1ccc(O)c(O)c1)C(=O)O. The first-order valence-corrected chi connectivity index (χ1v) is 11.3. The Morgan fingerprint density at radius 3 is 2.54 bits per heavy atom. The Bertz CT molecular complexity index is 1370. The summed E-state index contributed by atoms with van der Waals surface area (Å²) in [5, 5.41) is 58.5. The number of carbonyl (C=O) groups excluding carboxylic acids is 1. The van der Waals surface area contributed by atoms with Crippen LogP contribution in [0.4, 0.5) is 0 Å². The number of phenols is 3. The predicted octanol–water partition coefficient (Wildman–Crippen LogP) is 3.57. The number of ether oxygens (including phenoxy) is 2. The highest BCUT2D eigenvalue weighted by atomic mass is 16.6. The number of esters is 1. The summed E-state index contributed by atoms with van der Waals surface area (Å²) >= 11 is 0. The molecule has 6 N–H and O–H groups in total. The number of hydrogen-bond donors (Lipinski definition) is 6. The number of carboxylic acids is 1. The van der Waals surface area contributed by atoms with Crippen molar-refractivity contribution >= 4 is 18.0 Å². The molecule has 2 aromatic rings. The summed E-state index contributed by atoms with van der Waals surface area (Å²) in [4.78, 5) is 24.0. The molecule has 0 aromatic heterocycles. The fourth-order valence-electron chi connectivity index (χ4n) is 4.01. The van der Waals surface area contributed by atoms with Crippen LogP contribution in [-0.2, 0) is 27.2 Å². The van der Waals surface area contributed by atoms with Gasteiger partial charge in [0, 0.05) is 30.9 Å². The zero-order valence-electron chi connectivity index (χ0n) is 19.4. The van der Waals surface area contributed by atoms with Gasteiger partial charge in [0.2, 0.25) is 6.10 Å². The minimum atomic E-state index is -1.54. The normalized spacial score (nSPS) is 17.6. The van der Waals surface area contributed by atoms with Gasteiger partial charge in [-0.3, -0.25) is 0 Å². The van der Waals surface area contributed by atoms with Crippen LogP contribution in [0.1, 0.15) is 23.1 Å². The van der Waals surface area contributed by atoms with Gasteiger partial charge in [-0.25, -0.2) is 9.59 Å². The first-order chi connectivity index (χ1) is 17.6. The molecule has 0 radical (unpaired) electrons. The lowest BCUT2D eigenvalue weighted by Gasteiger charge is -2.13. The number of aliphatic hydroxyl groups is 2. The molecule has 0 bridgehead atoms. The van der Waals surface area contributed by atoms with Gasteiger partial charge in [-0.1, -0.05) is 24.3 Å². The molecule has 0 amide bonds. The van der Waals surface area contributed by atoms with Crippen molar-refractivity contribution in [3.63, 3.8) is 0 Å². The molecule has 2 atom stereocenters. The van der Waals surface area contributed by atoms with Gasteiger partial charge >= 0.3 is 11.9 Å². The van der Waals surface area contributed by atoms with Crippen molar-refractivity contribution in [2.45, 2.75) is 31.5 Å². The number of hydrogen-bond acceptors (Lipinski definition) is 9. The van der Waals surface area contributed by atoms with E-state index >= 15 is 0 Å². The Labute approximate surface area is 211 Å². The Kier molecular flexibility index (Phi) is 7.10. The van der Waals surface area contributed by atoms with Crippen LogP contribution in [-0.4, -0.2) is 54.8 Å². The van der Waals surface area contributed by atoms with E-state index in [0.717, 1.165) is 6.08 Å². The number of fused-ring (bicyclic) bond motifs is 1. The summed E-state index contributed by atoms with van der Waals surface area (Å²) in [6.07, 6.45) is 5.37. The van der Waals surface area contributed by atoms with Crippen molar-refractivity contribution in [3.8, 4) is 23.0 Å². The van der Waals surface area contributed by atoms with Crippen LogP contribution in [0, 0.1) is 0 Å². The number of aliphatic carboxylic acids is 1. The van der Waals surface area contributed by atoms with Crippen LogP contribution in [0.3, 0.4) is 0 Å². The van der Waals surface area contributed by atoms with E-state index in [0.29, 0.717) is 28.7 Å². The second-order valence-corrected chi connectivity index (χ2v) is 8.50. The van der Waals surface area contributed by atoms with Gasteiger partial charge in [0.1, 0.15) is 11.9 Å². The lowest BCUT2D eigenvalue weighted by Crippen LogP contribution is -2.28. The molecule has 4 rings (SSSR count). The molecule has 0 spiro atoms. The number of carbonyl (C=O) groups is 2. The second kappa shape index (κ2) is 10.4. The molecule has 1 heterocycles. The second-order valence-electron chi connectivity index (χ2n) is 8.50. The zero-order valence-corrected chi connectivity index (χ0v) is 19.4. The van der Waals surface area contributed by atoms with Gasteiger partial charge in [-0.05, 0) is 47.1 Å². The Morgan fingerprint density at radius 1 is 1.05 bits per heavy atom. The fraction of sp³-hybridized carbons (Fsp3) is 0.185. The number of aliphatic hydroxyl groups excluding tert-OH is 2. The molecule has 37 heavy (non-hydrogen) atoms. The third kappa shape index (κ3) is 5.69. The summed E-state index contributed by atoms with van der Waals surface area (Å²) in [6, 6.07) is 6.75. The average Bonchev–Trinajstić information content (AvgIpc) is 3.24. The van der Waals surface area contributed by atoms with Crippen LogP contribution in [0.2, 0.25) is 0 Å². The van der Waals surface area contributed by atoms with Gasteiger partial charge in [0.05, 0.1) is 0 Å². The molecule has 2 aliphatic rings. The number of allylic oxidation sites excluding steroid dienone is 2. The summed E-state index contributed by atoms with van der Waals surface area (Å²) in [7, 11) is 0. The van der Waals surface area contributed by atoms with Crippen molar-refractivity contribution in [1.29, 1.82) is 0 Å². The maximum Gasteiger partial charge on any atom is 0.345 e. The lowest BCUT2D eigenvalue weighted by molar-refractivity contribution is -0.160. The molecule has 10 heteroatoms. The van der Waals surface area contributed by atoms with E-state index < -0.39 is 29.9 Å². The number of benzene rings is 2. The number of rotatable bonds is 7. The summed E-state index contributed by atoms with van der Waals surface area (Å²) < 4.78 is 11.0. The van der Waals surface area contributed by atoms with E-state index in [-0.39, 0.29) is 41.6 Å². The molecular weight excluding hydrogens is 484 g/mol. The third-order valence-electron chi connectivity index (χ3n) is 5.91. The predicted molar refractivity (Wildman–Crippen MR) is 130 cm³/mol. The van der Waals surface area contributed by atoms with Gasteiger partial charge in [-0.2, -0.15) is 0 Å². The molecule has 0 saturated heterocycles. The monoisotopic (exact) mass is 508 g/mol. The summed E-state index contributed by atoms with van der Waals surface area (Å²) in [6.45, 7) is 0. The lowest BCUT2D eigenvalue weighted by atomic mass is 9.98. The quantitative estimate of drug-likeness (QED) is 0.184. The highest BCUT2D eigenvalue weighted by molar-refractivity contribution is 5.89. The Hall–Kier alpha value is -4.86. The first kappa shape index (κ1) is 25.2. The third-order valence-corrected chi connectivity index (χ3v) is 5.91. The van der Waals surface area contributed by atoms with E-state index in [1.165, 1.54) is 36.4 Å². The molecule has 10 nitrogen and oxygen atoms in total. The molecular formula is C27H24O10. The van der Waals surface area contributed by atoms with Crippen molar-refractivity contribution in [2.24, 2.45) is 0 Å². The van der Waals surface area contributed by atoms with Gasteiger partial charge in [0.25, 0.3) is 0 Å². The van der Waals surface area contributed by atoms with Crippen LogP contribution in [0.25, 0.3) is 6.08 Å². The molecule has 1 aliphatic carbocycles. The fourth-order valence-corrected chi connectivity index (χ4v) is 4.01. The van der Waals surface area contributed by atoms with Crippen molar-refractivity contribution in [1.82, 2.24) is 0 Å². The highest BCUT2D eigenvalue weighted by Gasteiger charge is 2.30. The standard InChI is InChI=1S/C27H24O10/c28-18-3-1-2-16(12-22(18)32)23-13-17-15(5-8-20(30)26(17)37-23)6-9-25(33)36-24(27(34)35)11-14-4-7-19(29)21(31)10-14/h1-2,4-10,12,23-24,28-32H,3,11,13H2,(H,34,35)/b9-6+/t23-,24+/m0/s1. The average molecular weight is 508 g/mol. The summed E-state index contributed by atoms with van der Waals surface area (Å²) in [5.41, 5.74) is 2.05. The molecule has 0 fully saturated rings. The van der Waals surface area contributed by atoms with Crippen LogP contribution in [0.5, 0.6) is 23.0 Å². The van der Waals surface area contributed by atoms with Gasteiger partial charge in [0.15, 0.2) is 28.8 Å². The Balaban J connectivity index is 1.49. The minimum Gasteiger partial charge on any atom is -0.508 e. The molecule has 0 unspecified atom stereocenters. The molecule has 2 aromatic carbocycles. The first-order valence-electron chi connectivity index (χ1n) is 11.3. The minimum absolute atomic E-state index is 0.110. The van der Waals surface area contributed by atoms with Crippen molar-refractivity contribution in [3.05, 3.63) is 88.4 Å². The van der Waals surface area contributed by atoms with Gasteiger partial charge < -0.3 is 40.1 Å². The number of phenolic OH excluding ortho intramolecular Hbond substituents is 3. The molecule has 192 valence electrons. The van der Waals surface area contributed by atoms with Crippen LogP contribution < -0.4 is 4.74 Å². The number of carboxylic acid groups (broad SMARTS) is 1. The van der Waals surface area contributed by atoms with Crippen LogP contribution in [0.15, 0.2) is 71.7 Å². The van der Waals surface area contributed by atoms with Crippen LogP contribution >= 0.6 is 0 Å². The smallest absolute Gasteiger partial charge is 0.345 e. The summed E-state index contributed by atoms with van der Waals surface area (Å²) in [5.74, 6) is -3.44. The van der Waals surface area contributed by atoms with Gasteiger partial charge in [-0.15, -0.1) is 0 Å². The number of aromatic hydroxyl groups is 3. The van der Waals surface area contributed by atoms with E-state index in [9.17, 15) is 40.2 Å². The van der Waals surface area contributed by atoms with E-state index in [1.807, 2.05) is 0 Å². The zero-order chi connectivity index (χ0) is 26.7. The maximum atomic E-state index is 12.4. The maximum absolute atomic E-state index is 12.4. The van der Waals surface area contributed by atoms with E-state index in [2.05, 4.69) is 0 Å². The van der Waals surface area contributed by atoms with Crippen molar-refractivity contribution in [2.75, 3.05) is 0 Å². The Morgan fingerprint density at radius 2 is 1.81 bits per heavy atom. The molecule has 1 aliphatic heterocycles. The van der Waals surface area contributed by atoms with Crippen molar-refractivity contribution < 1.29 is 49.7 Å². The highest BCUT2D eigenvalue weighted by Crippen LogP contribution is 2.42. The van der Waals surface area contributed by atoms with E-state index in [1.54, 1.807) is 18.2 Å². The molecule has 0 saturated carbocycles. The largest absolute Gasteiger partial charge is 0.508 e. The topological polar surface area (TPSA) is 174 Å².